The Morgan fingerprint density at radius 2 is 1.45 bits per heavy atom. The lowest BCUT2D eigenvalue weighted by Crippen LogP contribution is -2.46. The van der Waals surface area contributed by atoms with Gasteiger partial charge in [0.05, 0.1) is 13.7 Å². The molecule has 1 heterocycles. The molecule has 0 atom stereocenters. The molecule has 0 aliphatic heterocycles. The van der Waals surface area contributed by atoms with Gasteiger partial charge >= 0.3 is 17.6 Å². The molecule has 4 aromatic rings. The minimum atomic E-state index is -1.11. The lowest BCUT2D eigenvalue weighted by molar-refractivity contribution is -0.141. The Morgan fingerprint density at radius 1 is 0.825 bits per heavy atom. The van der Waals surface area contributed by atoms with Crippen LogP contribution in [-0.4, -0.2) is 40.6 Å². The number of aromatic nitrogens is 2. The molecule has 0 saturated heterocycles. The third kappa shape index (κ3) is 6.16. The maximum atomic E-state index is 13.2. The largest absolute Gasteiger partial charge is 0.468 e. The van der Waals surface area contributed by atoms with Crippen molar-refractivity contribution in [1.82, 2.24) is 9.13 Å². The smallest absolute Gasteiger partial charge is 0.342 e. The zero-order valence-corrected chi connectivity index (χ0v) is 21.4. The standard InChI is InChI=1S/C29H25N3O8/c1-38-24(34)17-32-27(35)25(26(30)31(29(32)37)16-19-10-4-2-5-11-19)22(33)18-39-28(36)21-14-8-9-15-23(21)40-20-12-6-3-7-13-20/h2-15H,16-18,30H2,1H3. The number of methoxy groups -OCH3 is 1. The Hall–Kier alpha value is -5.45. The molecule has 0 aliphatic carbocycles. The van der Waals surface area contributed by atoms with E-state index < -0.39 is 53.5 Å². The molecule has 1 aromatic heterocycles. The summed E-state index contributed by atoms with van der Waals surface area (Å²) in [6.45, 7) is -1.69. The molecular weight excluding hydrogens is 518 g/mol. The number of Topliss-reactive ketones (excluding diaryl/α,β-unsaturated/α-hetero) is 1. The fraction of sp³-hybridized carbons (Fsp3) is 0.138. The first-order valence-corrected chi connectivity index (χ1v) is 12.1. The van der Waals surface area contributed by atoms with Crippen molar-refractivity contribution >= 4 is 23.5 Å². The van der Waals surface area contributed by atoms with Crippen LogP contribution < -0.4 is 21.7 Å². The fourth-order valence-corrected chi connectivity index (χ4v) is 3.85. The van der Waals surface area contributed by atoms with Gasteiger partial charge in [-0.05, 0) is 29.8 Å². The first kappa shape index (κ1) is 27.6. The van der Waals surface area contributed by atoms with E-state index >= 15 is 0 Å². The van der Waals surface area contributed by atoms with E-state index in [-0.39, 0.29) is 17.9 Å². The van der Waals surface area contributed by atoms with Gasteiger partial charge in [0.25, 0.3) is 5.56 Å². The molecule has 11 nitrogen and oxygen atoms in total. The molecule has 0 bridgehead atoms. The molecule has 0 radical (unpaired) electrons. The highest BCUT2D eigenvalue weighted by Gasteiger charge is 2.26. The van der Waals surface area contributed by atoms with Crippen LogP contribution in [0.15, 0.2) is 94.5 Å². The Kier molecular flexibility index (Phi) is 8.55. The SMILES string of the molecule is COC(=O)Cn1c(=O)c(C(=O)COC(=O)c2ccccc2Oc2ccccc2)c(N)n(Cc2ccccc2)c1=O. The highest BCUT2D eigenvalue weighted by molar-refractivity contribution is 6.02. The number of carbonyl (C=O) groups excluding carboxylic acids is 3. The molecule has 0 amide bonds. The van der Waals surface area contributed by atoms with E-state index in [1.807, 2.05) is 6.07 Å². The molecule has 4 rings (SSSR count). The molecule has 0 fully saturated rings. The van der Waals surface area contributed by atoms with Gasteiger partial charge in [-0.1, -0.05) is 60.7 Å². The summed E-state index contributed by atoms with van der Waals surface area (Å²) in [4.78, 5) is 64.3. The summed E-state index contributed by atoms with van der Waals surface area (Å²) in [5.41, 5.74) is 4.24. The molecule has 0 unspecified atom stereocenters. The van der Waals surface area contributed by atoms with Gasteiger partial charge in [0.15, 0.2) is 6.61 Å². The van der Waals surface area contributed by atoms with Crippen LogP contribution in [0.2, 0.25) is 0 Å². The lowest BCUT2D eigenvalue weighted by atomic mass is 10.1. The van der Waals surface area contributed by atoms with Crippen LogP contribution in [0.25, 0.3) is 0 Å². The Morgan fingerprint density at radius 3 is 2.12 bits per heavy atom. The number of anilines is 1. The number of ketones is 1. The van der Waals surface area contributed by atoms with Crippen molar-refractivity contribution in [1.29, 1.82) is 0 Å². The zero-order valence-electron chi connectivity index (χ0n) is 21.4. The molecule has 0 aliphatic rings. The average Bonchev–Trinajstić information content (AvgIpc) is 2.97. The number of ether oxygens (including phenoxy) is 3. The summed E-state index contributed by atoms with van der Waals surface area (Å²) >= 11 is 0. The van der Waals surface area contributed by atoms with Crippen molar-refractivity contribution in [2.45, 2.75) is 13.1 Å². The van der Waals surface area contributed by atoms with Gasteiger partial charge in [0.1, 0.15) is 35.0 Å². The van der Waals surface area contributed by atoms with E-state index in [0.717, 1.165) is 11.7 Å². The quantitative estimate of drug-likeness (QED) is 0.235. The Bertz CT molecular complexity index is 1660. The molecule has 2 N–H and O–H groups in total. The van der Waals surface area contributed by atoms with Gasteiger partial charge in [-0.2, -0.15) is 0 Å². The summed E-state index contributed by atoms with van der Waals surface area (Å²) in [5, 5.41) is 0. The second-order valence-corrected chi connectivity index (χ2v) is 8.49. The number of carbonyl (C=O) groups is 3. The van der Waals surface area contributed by atoms with Crippen molar-refractivity contribution in [3.8, 4) is 11.5 Å². The van der Waals surface area contributed by atoms with Crippen LogP contribution >= 0.6 is 0 Å². The molecule has 40 heavy (non-hydrogen) atoms. The average molecular weight is 544 g/mol. The number of benzene rings is 3. The number of nitrogens with zero attached hydrogens (tertiary/aromatic N) is 2. The van der Waals surface area contributed by atoms with Crippen molar-refractivity contribution < 1.29 is 28.6 Å². The van der Waals surface area contributed by atoms with Gasteiger partial charge in [-0.3, -0.25) is 19.0 Å². The molecule has 204 valence electrons. The second-order valence-electron chi connectivity index (χ2n) is 8.49. The number of nitrogen functional groups attached to an aromatic ring is 1. The monoisotopic (exact) mass is 543 g/mol. The van der Waals surface area contributed by atoms with Gasteiger partial charge in [0, 0.05) is 0 Å². The van der Waals surface area contributed by atoms with Crippen molar-refractivity contribution in [3.63, 3.8) is 0 Å². The fourth-order valence-electron chi connectivity index (χ4n) is 3.85. The van der Waals surface area contributed by atoms with Crippen LogP contribution in [0.3, 0.4) is 0 Å². The Labute approximate surface area is 228 Å². The van der Waals surface area contributed by atoms with Crippen LogP contribution in [0.1, 0.15) is 26.3 Å². The van der Waals surface area contributed by atoms with Gasteiger partial charge < -0.3 is 19.9 Å². The van der Waals surface area contributed by atoms with E-state index in [1.54, 1.807) is 72.8 Å². The molecule has 3 aromatic carbocycles. The van der Waals surface area contributed by atoms with E-state index in [2.05, 4.69) is 4.74 Å². The topological polar surface area (TPSA) is 149 Å². The molecular formula is C29H25N3O8. The van der Waals surface area contributed by atoms with Crippen LogP contribution in [0, 0.1) is 0 Å². The predicted octanol–water partition coefficient (Wildman–Crippen LogP) is 2.65. The summed E-state index contributed by atoms with van der Waals surface area (Å²) in [5.74, 6) is -2.46. The minimum Gasteiger partial charge on any atom is -0.468 e. The first-order chi connectivity index (χ1) is 19.3. The number of rotatable bonds is 10. The molecule has 0 saturated carbocycles. The maximum Gasteiger partial charge on any atom is 0.342 e. The molecule has 11 heteroatoms. The van der Waals surface area contributed by atoms with Crippen molar-refractivity contribution in [3.05, 3.63) is 122 Å². The number of nitrogens with two attached hydrogens (primary N) is 1. The van der Waals surface area contributed by atoms with E-state index in [9.17, 15) is 24.0 Å². The number of esters is 2. The van der Waals surface area contributed by atoms with E-state index in [0.29, 0.717) is 15.9 Å². The summed E-state index contributed by atoms with van der Waals surface area (Å²) < 4.78 is 17.1. The first-order valence-electron chi connectivity index (χ1n) is 12.1. The number of para-hydroxylation sites is 2. The molecule has 0 spiro atoms. The predicted molar refractivity (Wildman–Crippen MR) is 145 cm³/mol. The highest BCUT2D eigenvalue weighted by atomic mass is 16.5. The zero-order chi connectivity index (χ0) is 28.6. The minimum absolute atomic E-state index is 0.0456. The second kappa shape index (κ2) is 12.4. The summed E-state index contributed by atoms with van der Waals surface area (Å²) in [7, 11) is 1.10. The van der Waals surface area contributed by atoms with Crippen molar-refractivity contribution in [2.75, 3.05) is 19.5 Å². The maximum absolute atomic E-state index is 13.2. The number of hydrogen-bond donors (Lipinski definition) is 1. The summed E-state index contributed by atoms with van der Waals surface area (Å²) in [6, 6.07) is 23.8. The number of hydrogen-bond acceptors (Lipinski definition) is 9. The van der Waals surface area contributed by atoms with E-state index in [4.69, 9.17) is 15.2 Å². The van der Waals surface area contributed by atoms with Crippen molar-refractivity contribution in [2.24, 2.45) is 0 Å². The van der Waals surface area contributed by atoms with Gasteiger partial charge in [-0.25, -0.2) is 14.2 Å². The van der Waals surface area contributed by atoms with Crippen LogP contribution in [-0.2, 0) is 27.4 Å². The summed E-state index contributed by atoms with van der Waals surface area (Å²) in [6.07, 6.45) is 0. The third-order valence-electron chi connectivity index (χ3n) is 5.86. The van der Waals surface area contributed by atoms with Gasteiger partial charge in [0.2, 0.25) is 5.78 Å². The third-order valence-corrected chi connectivity index (χ3v) is 5.86. The van der Waals surface area contributed by atoms with Crippen LogP contribution in [0.5, 0.6) is 11.5 Å². The normalized spacial score (nSPS) is 10.5. The van der Waals surface area contributed by atoms with Crippen LogP contribution in [0.4, 0.5) is 5.82 Å². The van der Waals surface area contributed by atoms with Gasteiger partial charge in [-0.15, -0.1) is 0 Å². The highest BCUT2D eigenvalue weighted by Crippen LogP contribution is 2.25. The lowest BCUT2D eigenvalue weighted by Gasteiger charge is -2.16. The van der Waals surface area contributed by atoms with E-state index in [1.165, 1.54) is 6.07 Å². The Balaban J connectivity index is 1.63.